The van der Waals surface area contributed by atoms with Crippen LogP contribution in [0.1, 0.15) is 50.6 Å². The molecule has 7 nitrogen and oxygen atoms in total. The lowest BCUT2D eigenvalue weighted by Gasteiger charge is -2.25. The van der Waals surface area contributed by atoms with Gasteiger partial charge in [0.05, 0.1) is 11.5 Å². The molecule has 1 saturated carbocycles. The van der Waals surface area contributed by atoms with Gasteiger partial charge in [-0.15, -0.1) is 10.2 Å². The van der Waals surface area contributed by atoms with E-state index in [2.05, 4.69) is 25.3 Å². The first-order chi connectivity index (χ1) is 16.0. The number of phenolic OH excluding ortho intramolecular Hbond substituents is 1. The molecule has 0 bridgehead atoms. The van der Waals surface area contributed by atoms with E-state index < -0.39 is 0 Å². The van der Waals surface area contributed by atoms with E-state index >= 15 is 0 Å². The van der Waals surface area contributed by atoms with Crippen LogP contribution in [0.5, 0.6) is 5.75 Å². The van der Waals surface area contributed by atoms with E-state index in [9.17, 15) is 9.90 Å². The highest BCUT2D eigenvalue weighted by atomic mass is 35.5. The van der Waals surface area contributed by atoms with E-state index in [1.165, 1.54) is 31.0 Å². The van der Waals surface area contributed by atoms with Crippen LogP contribution in [0.3, 0.4) is 0 Å². The second-order valence-corrected chi connectivity index (χ2v) is 9.39. The number of hydrogen-bond donors (Lipinski definition) is 2. The highest BCUT2D eigenvalue weighted by Crippen LogP contribution is 2.35. The van der Waals surface area contributed by atoms with Crippen LogP contribution >= 0.6 is 23.4 Å². The first-order valence-electron chi connectivity index (χ1n) is 11.0. The molecular weight excluding hydrogens is 458 g/mol. The maximum atomic E-state index is 12.5. The summed E-state index contributed by atoms with van der Waals surface area (Å²) in [5, 5.41) is 24.3. The Morgan fingerprint density at radius 2 is 1.88 bits per heavy atom. The van der Waals surface area contributed by atoms with Gasteiger partial charge in [0.2, 0.25) is 0 Å². The number of amides is 1. The van der Waals surface area contributed by atoms with Crippen molar-refractivity contribution in [3.05, 3.63) is 59.1 Å². The molecule has 1 heterocycles. The third-order valence-electron chi connectivity index (χ3n) is 5.68. The molecule has 3 aromatic rings. The second-order valence-electron chi connectivity index (χ2n) is 8.01. The topological polar surface area (TPSA) is 92.4 Å². The summed E-state index contributed by atoms with van der Waals surface area (Å²) in [6.45, 7) is 1.74. The summed E-state index contributed by atoms with van der Waals surface area (Å²) in [5.41, 5.74) is 4.63. The number of benzene rings is 2. The minimum absolute atomic E-state index is 0.123. The highest BCUT2D eigenvalue weighted by Gasteiger charge is 2.24. The van der Waals surface area contributed by atoms with Crippen molar-refractivity contribution in [3.63, 3.8) is 0 Å². The molecule has 9 heteroatoms. The second kappa shape index (κ2) is 10.9. The number of carbonyl (C=O) groups excluding carboxylic acids is 1. The van der Waals surface area contributed by atoms with Gasteiger partial charge in [0, 0.05) is 22.2 Å². The molecule has 1 aromatic heterocycles. The molecular formula is C24H26ClN5O2S. The number of carbonyl (C=O) groups is 1. The van der Waals surface area contributed by atoms with E-state index in [0.29, 0.717) is 22.3 Å². The molecule has 33 heavy (non-hydrogen) atoms. The number of para-hydroxylation sites is 1. The van der Waals surface area contributed by atoms with Crippen LogP contribution in [-0.4, -0.2) is 37.2 Å². The molecule has 1 fully saturated rings. The van der Waals surface area contributed by atoms with Crippen LogP contribution in [0, 0.1) is 0 Å². The Morgan fingerprint density at radius 3 is 2.61 bits per heavy atom. The zero-order valence-electron chi connectivity index (χ0n) is 18.4. The monoisotopic (exact) mass is 483 g/mol. The fourth-order valence-corrected chi connectivity index (χ4v) is 4.91. The summed E-state index contributed by atoms with van der Waals surface area (Å²) in [5.74, 6) is 0.830. The lowest BCUT2D eigenvalue weighted by molar-refractivity contribution is -0.118. The predicted molar refractivity (Wildman–Crippen MR) is 132 cm³/mol. The van der Waals surface area contributed by atoms with Gasteiger partial charge < -0.3 is 5.11 Å². The molecule has 1 aliphatic carbocycles. The SMILES string of the molecule is CC(=NNC(=O)CSc1nnc(-c2ccc(Cl)cc2)n1C1CCCCC1)c1ccccc1O. The zero-order chi connectivity index (χ0) is 23.2. The normalized spacial score (nSPS) is 14.9. The van der Waals surface area contributed by atoms with Crippen molar-refractivity contribution < 1.29 is 9.90 Å². The van der Waals surface area contributed by atoms with Crippen LogP contribution in [0.2, 0.25) is 5.02 Å². The Balaban J connectivity index is 1.48. The molecule has 1 aliphatic rings. The molecule has 0 saturated heterocycles. The maximum absolute atomic E-state index is 12.5. The number of aromatic nitrogens is 3. The number of nitrogens with zero attached hydrogens (tertiary/aromatic N) is 4. The minimum Gasteiger partial charge on any atom is -0.507 e. The van der Waals surface area contributed by atoms with Gasteiger partial charge in [-0.25, -0.2) is 5.43 Å². The Kier molecular flexibility index (Phi) is 7.67. The average Bonchev–Trinajstić information content (AvgIpc) is 3.26. The average molecular weight is 484 g/mol. The number of thioether (sulfide) groups is 1. The van der Waals surface area contributed by atoms with Crippen molar-refractivity contribution in [2.75, 3.05) is 5.75 Å². The Hall–Kier alpha value is -2.84. The molecule has 0 spiro atoms. The predicted octanol–water partition coefficient (Wildman–Crippen LogP) is 5.44. The van der Waals surface area contributed by atoms with Gasteiger partial charge in [-0.2, -0.15) is 5.10 Å². The van der Waals surface area contributed by atoms with Crippen molar-refractivity contribution in [2.45, 2.75) is 50.2 Å². The van der Waals surface area contributed by atoms with E-state index in [1.54, 1.807) is 25.1 Å². The lowest BCUT2D eigenvalue weighted by atomic mass is 9.95. The highest BCUT2D eigenvalue weighted by molar-refractivity contribution is 7.99. The Bertz CT molecular complexity index is 1140. The number of phenols is 1. The zero-order valence-corrected chi connectivity index (χ0v) is 19.9. The van der Waals surface area contributed by atoms with Gasteiger partial charge in [-0.05, 0) is 56.2 Å². The number of nitrogens with one attached hydrogen (secondary N) is 1. The summed E-state index contributed by atoms with van der Waals surface area (Å²) < 4.78 is 2.18. The standard InChI is InChI=1S/C24H26ClN5O2S/c1-16(20-9-5-6-10-21(20)31)26-27-22(32)15-33-24-29-28-23(17-11-13-18(25)14-12-17)30(24)19-7-3-2-4-8-19/h5-6,9-14,19,31H,2-4,7-8,15H2,1H3,(H,27,32). The van der Waals surface area contributed by atoms with Crippen LogP contribution in [0.15, 0.2) is 58.8 Å². The molecule has 172 valence electrons. The van der Waals surface area contributed by atoms with Gasteiger partial charge in [0.1, 0.15) is 5.75 Å². The molecule has 2 aromatic carbocycles. The van der Waals surface area contributed by atoms with Crippen LogP contribution < -0.4 is 5.43 Å². The van der Waals surface area contributed by atoms with E-state index in [1.807, 2.05) is 30.3 Å². The molecule has 1 amide bonds. The maximum Gasteiger partial charge on any atom is 0.250 e. The van der Waals surface area contributed by atoms with Crippen LogP contribution in [-0.2, 0) is 4.79 Å². The quantitative estimate of drug-likeness (QED) is 0.265. The van der Waals surface area contributed by atoms with Gasteiger partial charge in [-0.1, -0.05) is 54.8 Å². The summed E-state index contributed by atoms with van der Waals surface area (Å²) in [6, 6.07) is 14.8. The van der Waals surface area contributed by atoms with E-state index in [4.69, 9.17) is 11.6 Å². The van der Waals surface area contributed by atoms with Gasteiger partial charge in [0.15, 0.2) is 11.0 Å². The first kappa shape index (κ1) is 23.3. The van der Waals surface area contributed by atoms with E-state index in [0.717, 1.165) is 29.4 Å². The van der Waals surface area contributed by atoms with Crippen molar-refractivity contribution in [3.8, 4) is 17.1 Å². The van der Waals surface area contributed by atoms with Crippen molar-refractivity contribution >= 4 is 35.0 Å². The lowest BCUT2D eigenvalue weighted by Crippen LogP contribution is -2.22. The van der Waals surface area contributed by atoms with E-state index in [-0.39, 0.29) is 17.4 Å². The minimum atomic E-state index is -0.249. The van der Waals surface area contributed by atoms with Gasteiger partial charge in [-0.3, -0.25) is 9.36 Å². The number of halogens is 1. The molecule has 0 radical (unpaired) electrons. The summed E-state index contributed by atoms with van der Waals surface area (Å²) in [6.07, 6.45) is 5.74. The van der Waals surface area contributed by atoms with Gasteiger partial charge in [0.25, 0.3) is 5.91 Å². The smallest absolute Gasteiger partial charge is 0.250 e. The third kappa shape index (κ3) is 5.75. The summed E-state index contributed by atoms with van der Waals surface area (Å²) >= 11 is 7.41. The largest absolute Gasteiger partial charge is 0.507 e. The summed E-state index contributed by atoms with van der Waals surface area (Å²) in [7, 11) is 0. The number of hydrazone groups is 1. The Labute approximate surface area is 202 Å². The van der Waals surface area contributed by atoms with Crippen LogP contribution in [0.4, 0.5) is 0 Å². The number of rotatable bonds is 7. The third-order valence-corrected chi connectivity index (χ3v) is 6.88. The molecule has 0 aliphatic heterocycles. The van der Waals surface area contributed by atoms with Gasteiger partial charge >= 0.3 is 0 Å². The van der Waals surface area contributed by atoms with Crippen molar-refractivity contribution in [1.82, 2.24) is 20.2 Å². The summed E-state index contributed by atoms with van der Waals surface area (Å²) in [4.78, 5) is 12.5. The van der Waals surface area contributed by atoms with Crippen molar-refractivity contribution in [2.24, 2.45) is 5.10 Å². The first-order valence-corrected chi connectivity index (χ1v) is 12.3. The number of hydrogen-bond acceptors (Lipinski definition) is 6. The van der Waals surface area contributed by atoms with Crippen molar-refractivity contribution in [1.29, 1.82) is 0 Å². The fraction of sp³-hybridized carbons (Fsp3) is 0.333. The molecule has 0 atom stereocenters. The molecule has 4 rings (SSSR count). The van der Waals surface area contributed by atoms with Crippen LogP contribution in [0.25, 0.3) is 11.4 Å². The molecule has 2 N–H and O–H groups in total. The Morgan fingerprint density at radius 1 is 1.15 bits per heavy atom. The molecule has 0 unspecified atom stereocenters. The fourth-order valence-electron chi connectivity index (χ4n) is 3.99. The number of aromatic hydroxyl groups is 1.